The quantitative estimate of drug-likeness (QED) is 0.615. The van der Waals surface area contributed by atoms with Crippen LogP contribution in [0.25, 0.3) is 11.1 Å². The number of carbonyl (C=O) groups is 1. The van der Waals surface area contributed by atoms with Gasteiger partial charge in [-0.15, -0.1) is 0 Å². The zero-order chi connectivity index (χ0) is 18.4. The average molecular weight is 356 g/mol. The Bertz CT molecular complexity index is 877. The van der Waals surface area contributed by atoms with Crippen molar-refractivity contribution < 1.29 is 18.8 Å². The highest BCUT2D eigenvalue weighted by Crippen LogP contribution is 2.24. The van der Waals surface area contributed by atoms with Crippen LogP contribution in [0.3, 0.4) is 0 Å². The normalized spacial score (nSPS) is 10.7. The lowest BCUT2D eigenvalue weighted by atomic mass is 10.1. The van der Waals surface area contributed by atoms with E-state index in [1.807, 2.05) is 31.2 Å². The first-order chi connectivity index (χ1) is 12.7. The van der Waals surface area contributed by atoms with Crippen molar-refractivity contribution in [1.29, 1.82) is 0 Å². The topological polar surface area (TPSA) is 99.4 Å². The summed E-state index contributed by atoms with van der Waals surface area (Å²) in [7, 11) is 0. The lowest BCUT2D eigenvalue weighted by molar-refractivity contribution is 0.0517. The Morgan fingerprint density at radius 1 is 1.15 bits per heavy atom. The highest BCUT2D eigenvalue weighted by Gasteiger charge is 2.21. The molecule has 0 bridgehead atoms. The number of esters is 1. The van der Waals surface area contributed by atoms with Crippen LogP contribution in [0.2, 0.25) is 0 Å². The second-order valence-electron chi connectivity index (χ2n) is 5.41. The van der Waals surface area contributed by atoms with Crippen molar-refractivity contribution in [3.63, 3.8) is 0 Å². The fourth-order valence-corrected chi connectivity index (χ4v) is 2.50. The van der Waals surface area contributed by atoms with Gasteiger partial charge in [0.25, 0.3) is 5.71 Å². The second kappa shape index (κ2) is 8.28. The van der Waals surface area contributed by atoms with Crippen LogP contribution in [-0.4, -0.2) is 40.9 Å². The first-order valence-electron chi connectivity index (χ1n) is 8.46. The van der Waals surface area contributed by atoms with Crippen molar-refractivity contribution in [2.45, 2.75) is 20.3 Å². The first-order valence-corrected chi connectivity index (χ1v) is 8.46. The van der Waals surface area contributed by atoms with E-state index in [9.17, 15) is 4.79 Å². The monoisotopic (exact) mass is 356 g/mol. The zero-order valence-electron chi connectivity index (χ0n) is 14.7. The van der Waals surface area contributed by atoms with Crippen molar-refractivity contribution >= 4 is 22.9 Å². The Hall–Kier alpha value is -3.16. The molecule has 2 aromatic heterocycles. The Morgan fingerprint density at radius 3 is 2.69 bits per heavy atom. The maximum atomic E-state index is 12.0. The molecular formula is C18H20N4O4. The number of nitrogens with one attached hydrogen (secondary N) is 1. The fraction of sp³-hybridized carbons (Fsp3) is 0.333. The molecule has 0 spiro atoms. The van der Waals surface area contributed by atoms with Crippen LogP contribution >= 0.6 is 0 Å². The summed E-state index contributed by atoms with van der Waals surface area (Å²) in [6.45, 7) is 5.20. The SMILES string of the molecule is CCOC(=O)c1noc2ncnc(NCCc3ccc(OCC)cc3)c12. The van der Waals surface area contributed by atoms with Crippen LogP contribution in [0.4, 0.5) is 5.82 Å². The fourth-order valence-electron chi connectivity index (χ4n) is 2.50. The molecule has 0 aliphatic carbocycles. The maximum absolute atomic E-state index is 12.0. The molecule has 0 aliphatic heterocycles. The molecule has 0 amide bonds. The summed E-state index contributed by atoms with van der Waals surface area (Å²) in [5.41, 5.74) is 1.47. The van der Waals surface area contributed by atoms with E-state index in [0.717, 1.165) is 17.7 Å². The largest absolute Gasteiger partial charge is 0.494 e. The molecule has 3 aromatic rings. The molecule has 26 heavy (non-hydrogen) atoms. The molecule has 1 aromatic carbocycles. The van der Waals surface area contributed by atoms with E-state index >= 15 is 0 Å². The summed E-state index contributed by atoms with van der Waals surface area (Å²) in [5.74, 6) is 0.783. The van der Waals surface area contributed by atoms with Gasteiger partial charge in [-0.05, 0) is 38.0 Å². The minimum Gasteiger partial charge on any atom is -0.494 e. The molecule has 8 heteroatoms. The van der Waals surface area contributed by atoms with Gasteiger partial charge in [-0.2, -0.15) is 4.98 Å². The predicted octanol–water partition coefficient (Wildman–Crippen LogP) is 2.85. The van der Waals surface area contributed by atoms with E-state index in [4.69, 9.17) is 14.0 Å². The summed E-state index contributed by atoms with van der Waals surface area (Å²) in [6, 6.07) is 7.93. The van der Waals surface area contributed by atoms with Crippen molar-refractivity contribution in [2.24, 2.45) is 0 Å². The standard InChI is InChI=1S/C18H20N4O4/c1-3-24-13-7-5-12(6-8-13)9-10-19-16-14-15(18(23)25-4-2)22-26-17(14)21-11-20-16/h5-8,11H,3-4,9-10H2,1-2H3,(H,19,20,21). The molecule has 0 unspecified atom stereocenters. The number of carbonyl (C=O) groups excluding carboxylic acids is 1. The predicted molar refractivity (Wildman–Crippen MR) is 95.4 cm³/mol. The van der Waals surface area contributed by atoms with Gasteiger partial charge < -0.3 is 19.3 Å². The van der Waals surface area contributed by atoms with Gasteiger partial charge in [0.05, 0.1) is 13.2 Å². The van der Waals surface area contributed by atoms with Crippen molar-refractivity contribution in [3.8, 4) is 5.75 Å². The number of hydrogen-bond donors (Lipinski definition) is 1. The minimum absolute atomic E-state index is 0.0750. The van der Waals surface area contributed by atoms with Crippen molar-refractivity contribution in [3.05, 3.63) is 41.9 Å². The summed E-state index contributed by atoms with van der Waals surface area (Å²) < 4.78 is 15.5. The molecule has 0 fully saturated rings. The first kappa shape index (κ1) is 17.7. The molecule has 0 aliphatic rings. The van der Waals surface area contributed by atoms with E-state index in [1.165, 1.54) is 6.33 Å². The van der Waals surface area contributed by atoms with Crippen molar-refractivity contribution in [2.75, 3.05) is 25.1 Å². The Kier molecular flexibility index (Phi) is 5.62. The van der Waals surface area contributed by atoms with E-state index in [2.05, 4.69) is 20.4 Å². The second-order valence-corrected chi connectivity index (χ2v) is 5.41. The summed E-state index contributed by atoms with van der Waals surface area (Å²) in [4.78, 5) is 20.2. The van der Waals surface area contributed by atoms with E-state index in [0.29, 0.717) is 24.4 Å². The molecule has 136 valence electrons. The third-order valence-electron chi connectivity index (χ3n) is 3.68. The molecule has 0 saturated heterocycles. The molecule has 0 saturated carbocycles. The van der Waals surface area contributed by atoms with Crippen LogP contribution in [0.15, 0.2) is 35.1 Å². The minimum atomic E-state index is -0.560. The van der Waals surface area contributed by atoms with Gasteiger partial charge in [0.15, 0.2) is 0 Å². The lowest BCUT2D eigenvalue weighted by Crippen LogP contribution is -2.10. The molecule has 2 heterocycles. The number of ether oxygens (including phenoxy) is 2. The van der Waals surface area contributed by atoms with Crippen molar-refractivity contribution in [1.82, 2.24) is 15.1 Å². The number of nitrogens with zero attached hydrogens (tertiary/aromatic N) is 3. The van der Waals surface area contributed by atoms with Crippen LogP contribution in [0.5, 0.6) is 5.75 Å². The van der Waals surface area contributed by atoms with Crippen LogP contribution < -0.4 is 10.1 Å². The molecule has 8 nitrogen and oxygen atoms in total. The van der Waals surface area contributed by atoms with Crippen LogP contribution in [-0.2, 0) is 11.2 Å². The smallest absolute Gasteiger partial charge is 0.361 e. The number of fused-ring (bicyclic) bond motifs is 1. The highest BCUT2D eigenvalue weighted by molar-refractivity contribution is 6.04. The van der Waals surface area contributed by atoms with Gasteiger partial charge in [0.2, 0.25) is 5.69 Å². The molecule has 3 rings (SSSR count). The van der Waals surface area contributed by atoms with E-state index in [1.54, 1.807) is 6.92 Å². The number of aromatic nitrogens is 3. The van der Waals surface area contributed by atoms with Gasteiger partial charge in [-0.3, -0.25) is 0 Å². The third kappa shape index (κ3) is 3.90. The summed E-state index contributed by atoms with van der Waals surface area (Å²) >= 11 is 0. The van der Waals surface area contributed by atoms with Gasteiger partial charge in [0.1, 0.15) is 23.3 Å². The zero-order valence-corrected chi connectivity index (χ0v) is 14.7. The van der Waals surface area contributed by atoms with E-state index in [-0.39, 0.29) is 18.0 Å². The Labute approximate surface area is 150 Å². The van der Waals surface area contributed by atoms with Gasteiger partial charge in [0, 0.05) is 6.54 Å². The molecule has 0 atom stereocenters. The number of rotatable bonds is 8. The molecular weight excluding hydrogens is 336 g/mol. The Balaban J connectivity index is 1.70. The van der Waals surface area contributed by atoms with Crippen LogP contribution in [0.1, 0.15) is 29.9 Å². The number of anilines is 1. The summed E-state index contributed by atoms with van der Waals surface area (Å²) in [5, 5.41) is 7.40. The highest BCUT2D eigenvalue weighted by atomic mass is 16.5. The number of hydrogen-bond acceptors (Lipinski definition) is 8. The lowest BCUT2D eigenvalue weighted by Gasteiger charge is -2.08. The summed E-state index contributed by atoms with van der Waals surface area (Å²) in [6.07, 6.45) is 2.14. The maximum Gasteiger partial charge on any atom is 0.361 e. The van der Waals surface area contributed by atoms with Gasteiger partial charge in [-0.1, -0.05) is 17.3 Å². The molecule has 1 N–H and O–H groups in total. The number of benzene rings is 1. The van der Waals surface area contributed by atoms with E-state index < -0.39 is 5.97 Å². The molecule has 0 radical (unpaired) electrons. The average Bonchev–Trinajstić information content (AvgIpc) is 3.09. The van der Waals surface area contributed by atoms with Gasteiger partial charge >= 0.3 is 5.97 Å². The van der Waals surface area contributed by atoms with Crippen LogP contribution in [0, 0.1) is 0 Å². The van der Waals surface area contributed by atoms with Gasteiger partial charge in [-0.25, -0.2) is 9.78 Å². The Morgan fingerprint density at radius 2 is 1.96 bits per heavy atom. The third-order valence-corrected chi connectivity index (χ3v) is 3.68.